The van der Waals surface area contributed by atoms with Crippen molar-refractivity contribution in [3.05, 3.63) is 64.0 Å². The molecule has 27 heavy (non-hydrogen) atoms. The maximum atomic E-state index is 13.0. The quantitative estimate of drug-likeness (QED) is 0.552. The number of amides is 1. The summed E-state index contributed by atoms with van der Waals surface area (Å²) in [5.74, 6) is -1.24. The van der Waals surface area contributed by atoms with Crippen LogP contribution in [0.5, 0.6) is 0 Å². The van der Waals surface area contributed by atoms with Crippen LogP contribution in [0.25, 0.3) is 0 Å². The molecule has 0 radical (unpaired) electrons. The van der Waals surface area contributed by atoms with Crippen LogP contribution >= 0.6 is 0 Å². The fraction of sp³-hybridized carbons (Fsp3) is 0.235. The van der Waals surface area contributed by atoms with Crippen molar-refractivity contribution >= 4 is 27.3 Å². The van der Waals surface area contributed by atoms with Crippen LogP contribution in [0.1, 0.15) is 18.9 Å². The first-order valence-corrected chi connectivity index (χ1v) is 9.46. The summed E-state index contributed by atoms with van der Waals surface area (Å²) in [6, 6.07) is 7.06. The van der Waals surface area contributed by atoms with Gasteiger partial charge in [0.05, 0.1) is 15.5 Å². The fourth-order valence-corrected chi connectivity index (χ4v) is 3.55. The van der Waals surface area contributed by atoms with E-state index in [0.717, 1.165) is 24.3 Å². The number of anilines is 1. The predicted octanol–water partition coefficient (Wildman–Crippen LogP) is 2.74. The summed E-state index contributed by atoms with van der Waals surface area (Å²) in [6.07, 6.45) is 0.139. The lowest BCUT2D eigenvalue weighted by Gasteiger charge is -2.18. The van der Waals surface area contributed by atoms with Crippen molar-refractivity contribution in [2.75, 3.05) is 5.32 Å². The second-order valence-electron chi connectivity index (χ2n) is 5.78. The molecule has 0 fully saturated rings. The van der Waals surface area contributed by atoms with Gasteiger partial charge in [-0.3, -0.25) is 14.9 Å². The van der Waals surface area contributed by atoms with E-state index in [4.69, 9.17) is 0 Å². The highest BCUT2D eigenvalue weighted by molar-refractivity contribution is 7.89. The third-order valence-corrected chi connectivity index (χ3v) is 5.32. The second-order valence-corrected chi connectivity index (χ2v) is 7.50. The fourth-order valence-electron chi connectivity index (χ4n) is 2.27. The van der Waals surface area contributed by atoms with E-state index >= 15 is 0 Å². The molecular formula is C17H18FN3O5S. The minimum Gasteiger partial charge on any atom is -0.324 e. The van der Waals surface area contributed by atoms with E-state index in [9.17, 15) is 27.7 Å². The number of nitro benzene ring substituents is 1. The average Bonchev–Trinajstić information content (AvgIpc) is 2.61. The minimum atomic E-state index is -4.04. The number of hydrogen-bond donors (Lipinski definition) is 2. The molecular weight excluding hydrogens is 377 g/mol. The van der Waals surface area contributed by atoms with Crippen LogP contribution in [0.3, 0.4) is 0 Å². The van der Waals surface area contributed by atoms with E-state index < -0.39 is 32.7 Å². The first-order chi connectivity index (χ1) is 12.6. The summed E-state index contributed by atoms with van der Waals surface area (Å²) in [5, 5.41) is 13.4. The molecule has 10 heteroatoms. The van der Waals surface area contributed by atoms with Gasteiger partial charge in [0, 0.05) is 12.1 Å². The molecule has 2 N–H and O–H groups in total. The molecule has 0 aliphatic rings. The normalized spacial score (nSPS) is 12.4. The second kappa shape index (κ2) is 8.23. The molecule has 0 heterocycles. The number of halogens is 1. The molecule has 0 saturated heterocycles. The summed E-state index contributed by atoms with van der Waals surface area (Å²) in [6.45, 7) is 3.26. The van der Waals surface area contributed by atoms with Crippen molar-refractivity contribution in [1.82, 2.24) is 4.72 Å². The summed E-state index contributed by atoms with van der Waals surface area (Å²) >= 11 is 0. The van der Waals surface area contributed by atoms with Crippen LogP contribution in [0.4, 0.5) is 15.8 Å². The summed E-state index contributed by atoms with van der Waals surface area (Å²) < 4.78 is 40.0. The van der Waals surface area contributed by atoms with Gasteiger partial charge in [-0.05, 0) is 43.2 Å². The Bertz CT molecular complexity index is 961. The van der Waals surface area contributed by atoms with E-state index in [2.05, 4.69) is 10.0 Å². The number of rotatable bonds is 7. The molecule has 0 aliphatic carbocycles. The van der Waals surface area contributed by atoms with Crippen LogP contribution in [0.15, 0.2) is 47.4 Å². The Kier molecular flexibility index (Phi) is 6.24. The number of benzene rings is 2. The number of nitrogens with zero attached hydrogens (tertiary/aromatic N) is 1. The predicted molar refractivity (Wildman–Crippen MR) is 97.3 cm³/mol. The number of nitro groups is 1. The van der Waals surface area contributed by atoms with Gasteiger partial charge in [-0.25, -0.2) is 12.8 Å². The average molecular weight is 395 g/mol. The molecule has 2 rings (SSSR count). The van der Waals surface area contributed by atoms with Crippen molar-refractivity contribution in [1.29, 1.82) is 0 Å². The molecule has 1 amide bonds. The van der Waals surface area contributed by atoms with Crippen molar-refractivity contribution in [3.8, 4) is 0 Å². The Balaban J connectivity index is 2.20. The Morgan fingerprint density at radius 1 is 1.22 bits per heavy atom. The minimum absolute atomic E-state index is 0.139. The van der Waals surface area contributed by atoms with Crippen molar-refractivity contribution < 1.29 is 22.5 Å². The number of hydrogen-bond acceptors (Lipinski definition) is 5. The highest BCUT2D eigenvalue weighted by Gasteiger charge is 2.25. The number of non-ortho nitro benzene ring substituents is 1. The van der Waals surface area contributed by atoms with Crippen LogP contribution in [0, 0.1) is 22.9 Å². The third-order valence-electron chi connectivity index (χ3n) is 3.84. The van der Waals surface area contributed by atoms with Gasteiger partial charge in [-0.2, -0.15) is 4.72 Å². The lowest BCUT2D eigenvalue weighted by Crippen LogP contribution is -2.43. The lowest BCUT2D eigenvalue weighted by atomic mass is 10.1. The summed E-state index contributed by atoms with van der Waals surface area (Å²) in [7, 11) is -4.04. The topological polar surface area (TPSA) is 118 Å². The van der Waals surface area contributed by atoms with E-state index in [0.29, 0.717) is 5.56 Å². The van der Waals surface area contributed by atoms with Gasteiger partial charge in [-0.1, -0.05) is 13.0 Å². The molecule has 0 aromatic heterocycles. The maximum Gasteiger partial charge on any atom is 0.271 e. The van der Waals surface area contributed by atoms with Crippen LogP contribution in [0.2, 0.25) is 0 Å². The van der Waals surface area contributed by atoms with Crippen LogP contribution < -0.4 is 10.0 Å². The van der Waals surface area contributed by atoms with E-state index in [1.54, 1.807) is 13.8 Å². The zero-order chi connectivity index (χ0) is 20.2. The molecule has 1 unspecified atom stereocenters. The van der Waals surface area contributed by atoms with Crippen LogP contribution in [-0.2, 0) is 14.8 Å². The van der Waals surface area contributed by atoms with Crippen LogP contribution in [-0.4, -0.2) is 25.3 Å². The maximum absolute atomic E-state index is 13.0. The first kappa shape index (κ1) is 20.5. The molecule has 144 valence electrons. The molecule has 0 aliphatic heterocycles. The molecule has 2 aromatic carbocycles. The molecule has 1 atom stereocenters. The Morgan fingerprint density at radius 2 is 1.85 bits per heavy atom. The van der Waals surface area contributed by atoms with Gasteiger partial charge >= 0.3 is 0 Å². The largest absolute Gasteiger partial charge is 0.324 e. The first-order valence-electron chi connectivity index (χ1n) is 7.98. The molecule has 0 saturated carbocycles. The van der Waals surface area contributed by atoms with E-state index in [-0.39, 0.29) is 22.7 Å². The zero-order valence-corrected chi connectivity index (χ0v) is 15.4. The smallest absolute Gasteiger partial charge is 0.271 e. The van der Waals surface area contributed by atoms with Crippen molar-refractivity contribution in [3.63, 3.8) is 0 Å². The number of nitrogens with one attached hydrogen (secondary N) is 2. The highest BCUT2D eigenvalue weighted by atomic mass is 32.2. The molecule has 0 bridgehead atoms. The molecule has 0 spiro atoms. The number of carbonyl (C=O) groups is 1. The van der Waals surface area contributed by atoms with Gasteiger partial charge in [0.25, 0.3) is 5.69 Å². The number of aryl methyl sites for hydroxylation is 1. The van der Waals surface area contributed by atoms with Gasteiger partial charge < -0.3 is 5.32 Å². The van der Waals surface area contributed by atoms with E-state index in [1.807, 2.05) is 0 Å². The monoisotopic (exact) mass is 395 g/mol. The van der Waals surface area contributed by atoms with Crippen molar-refractivity contribution in [2.45, 2.75) is 31.2 Å². The molecule has 2 aromatic rings. The van der Waals surface area contributed by atoms with E-state index in [1.165, 1.54) is 18.2 Å². The Hall–Kier alpha value is -2.85. The Labute approximate surface area is 155 Å². The third kappa shape index (κ3) is 5.08. The molecule has 8 nitrogen and oxygen atoms in total. The van der Waals surface area contributed by atoms with Gasteiger partial charge in [0.15, 0.2) is 0 Å². The van der Waals surface area contributed by atoms with Gasteiger partial charge in [0.1, 0.15) is 11.9 Å². The summed E-state index contributed by atoms with van der Waals surface area (Å²) in [5.41, 5.74) is 0.606. The SMILES string of the molecule is CCC(NS(=O)(=O)c1ccc(F)cc1)C(=O)Nc1cc([N+](=O)[O-])ccc1C. The van der Waals surface area contributed by atoms with Gasteiger partial charge in [0.2, 0.25) is 15.9 Å². The zero-order valence-electron chi connectivity index (χ0n) is 14.6. The number of carbonyl (C=O) groups excluding carboxylic acids is 1. The highest BCUT2D eigenvalue weighted by Crippen LogP contribution is 2.22. The summed E-state index contributed by atoms with van der Waals surface area (Å²) in [4.78, 5) is 22.6. The lowest BCUT2D eigenvalue weighted by molar-refractivity contribution is -0.384. The number of sulfonamides is 1. The standard InChI is InChI=1S/C17H18FN3O5S/c1-3-15(20-27(25,26)14-8-5-12(18)6-9-14)17(22)19-16-10-13(21(23)24)7-4-11(16)2/h4-10,15,20H,3H2,1-2H3,(H,19,22). The van der Waals surface area contributed by atoms with Gasteiger partial charge in [-0.15, -0.1) is 0 Å². The van der Waals surface area contributed by atoms with Crippen molar-refractivity contribution in [2.24, 2.45) is 0 Å². The Morgan fingerprint density at radius 3 is 2.41 bits per heavy atom.